The van der Waals surface area contributed by atoms with E-state index in [9.17, 15) is 0 Å². The Balaban J connectivity index is 2.29. The van der Waals surface area contributed by atoms with Crippen molar-refractivity contribution in [3.63, 3.8) is 0 Å². The van der Waals surface area contributed by atoms with Crippen LogP contribution in [-0.4, -0.2) is 6.54 Å². The molecule has 20 heavy (non-hydrogen) atoms. The average Bonchev–Trinajstić information content (AvgIpc) is 2.72. The standard InChI is InChI=1S/C16H21BrN2S/c1-9-5-13(6-10(2)16(9)17)19-15(8-18)14-7-11(3)20-12(14)4/h5-7,15,19H,8,18H2,1-4H3. The monoisotopic (exact) mass is 352 g/mol. The molecule has 0 bridgehead atoms. The molecule has 3 N–H and O–H groups in total. The maximum absolute atomic E-state index is 5.97. The van der Waals surface area contributed by atoms with E-state index in [2.05, 4.69) is 67.1 Å². The molecule has 0 fully saturated rings. The molecule has 0 amide bonds. The number of thiophene rings is 1. The molecule has 0 saturated heterocycles. The van der Waals surface area contributed by atoms with Gasteiger partial charge < -0.3 is 11.1 Å². The summed E-state index contributed by atoms with van der Waals surface area (Å²) < 4.78 is 1.18. The molecule has 0 aliphatic rings. The van der Waals surface area contributed by atoms with Gasteiger partial charge in [0.25, 0.3) is 0 Å². The van der Waals surface area contributed by atoms with Gasteiger partial charge in [-0.05, 0) is 62.6 Å². The van der Waals surface area contributed by atoms with Crippen LogP contribution in [0.2, 0.25) is 0 Å². The van der Waals surface area contributed by atoms with Gasteiger partial charge in [0.05, 0.1) is 6.04 Å². The molecule has 2 aromatic rings. The van der Waals surface area contributed by atoms with Crippen molar-refractivity contribution in [2.24, 2.45) is 5.73 Å². The van der Waals surface area contributed by atoms with Gasteiger partial charge in [-0.3, -0.25) is 0 Å². The Morgan fingerprint density at radius 2 is 1.75 bits per heavy atom. The summed E-state index contributed by atoms with van der Waals surface area (Å²) in [6.45, 7) is 9.11. The third-order valence-corrected chi connectivity index (χ3v) is 5.70. The van der Waals surface area contributed by atoms with Gasteiger partial charge in [-0.2, -0.15) is 0 Å². The van der Waals surface area contributed by atoms with Crippen LogP contribution < -0.4 is 11.1 Å². The van der Waals surface area contributed by atoms with Crippen molar-refractivity contribution in [2.45, 2.75) is 33.7 Å². The van der Waals surface area contributed by atoms with Crippen LogP contribution in [0.25, 0.3) is 0 Å². The number of rotatable bonds is 4. The lowest BCUT2D eigenvalue weighted by Gasteiger charge is -2.19. The van der Waals surface area contributed by atoms with Gasteiger partial charge in [0.2, 0.25) is 0 Å². The van der Waals surface area contributed by atoms with Gasteiger partial charge in [-0.25, -0.2) is 0 Å². The Morgan fingerprint density at radius 1 is 1.15 bits per heavy atom. The van der Waals surface area contributed by atoms with E-state index in [1.807, 2.05) is 11.3 Å². The first-order valence-corrected chi connectivity index (χ1v) is 8.33. The zero-order chi connectivity index (χ0) is 14.9. The second-order valence-corrected chi connectivity index (χ2v) is 7.48. The number of nitrogens with two attached hydrogens (primary N) is 1. The number of benzene rings is 1. The fourth-order valence-corrected chi connectivity index (χ4v) is 3.71. The van der Waals surface area contributed by atoms with Crippen LogP contribution in [0.15, 0.2) is 22.7 Å². The molecule has 108 valence electrons. The Bertz CT molecular complexity index is 596. The summed E-state index contributed by atoms with van der Waals surface area (Å²) >= 11 is 5.43. The SMILES string of the molecule is Cc1cc(C(CN)Nc2cc(C)c(Br)c(C)c2)c(C)s1. The van der Waals surface area contributed by atoms with Crippen LogP contribution in [0.3, 0.4) is 0 Å². The molecule has 4 heteroatoms. The number of hydrogen-bond donors (Lipinski definition) is 2. The van der Waals surface area contributed by atoms with Crippen LogP contribution in [0.1, 0.15) is 32.5 Å². The van der Waals surface area contributed by atoms with E-state index in [1.54, 1.807) is 0 Å². The van der Waals surface area contributed by atoms with Crippen molar-refractivity contribution >= 4 is 33.0 Å². The van der Waals surface area contributed by atoms with E-state index in [0.29, 0.717) is 6.54 Å². The first kappa shape index (κ1) is 15.5. The molecular formula is C16H21BrN2S. The number of aryl methyl sites for hydroxylation is 4. The Labute approximate surface area is 133 Å². The molecule has 1 unspecified atom stereocenters. The zero-order valence-electron chi connectivity index (χ0n) is 12.4. The van der Waals surface area contributed by atoms with E-state index >= 15 is 0 Å². The minimum Gasteiger partial charge on any atom is -0.377 e. The molecular weight excluding hydrogens is 332 g/mol. The summed E-state index contributed by atoms with van der Waals surface area (Å²) in [5.74, 6) is 0. The highest BCUT2D eigenvalue weighted by Crippen LogP contribution is 2.30. The molecule has 0 saturated carbocycles. The topological polar surface area (TPSA) is 38.0 Å². The third kappa shape index (κ3) is 3.25. The number of anilines is 1. The Kier molecular flexibility index (Phi) is 4.89. The fourth-order valence-electron chi connectivity index (χ4n) is 2.49. The van der Waals surface area contributed by atoms with Crippen LogP contribution in [0, 0.1) is 27.7 Å². The van der Waals surface area contributed by atoms with Gasteiger partial charge in [0, 0.05) is 26.5 Å². The molecule has 0 radical (unpaired) electrons. The molecule has 2 rings (SSSR count). The van der Waals surface area contributed by atoms with E-state index in [4.69, 9.17) is 5.73 Å². The summed E-state index contributed by atoms with van der Waals surface area (Å²) in [6, 6.07) is 6.73. The van der Waals surface area contributed by atoms with Crippen LogP contribution in [0.4, 0.5) is 5.69 Å². The summed E-state index contributed by atoms with van der Waals surface area (Å²) in [7, 11) is 0. The number of halogens is 1. The largest absolute Gasteiger partial charge is 0.377 e. The number of hydrogen-bond acceptors (Lipinski definition) is 3. The van der Waals surface area contributed by atoms with E-state index in [1.165, 1.54) is 30.9 Å². The average molecular weight is 353 g/mol. The van der Waals surface area contributed by atoms with Gasteiger partial charge in [0.1, 0.15) is 0 Å². The fraction of sp³-hybridized carbons (Fsp3) is 0.375. The lowest BCUT2D eigenvalue weighted by Crippen LogP contribution is -2.20. The number of nitrogens with one attached hydrogen (secondary N) is 1. The molecule has 1 aromatic carbocycles. The van der Waals surface area contributed by atoms with Gasteiger partial charge in [-0.1, -0.05) is 15.9 Å². The summed E-state index contributed by atoms with van der Waals surface area (Å²) in [4.78, 5) is 2.68. The normalized spacial score (nSPS) is 12.5. The third-order valence-electron chi connectivity index (χ3n) is 3.47. The molecule has 1 aromatic heterocycles. The van der Waals surface area contributed by atoms with E-state index in [-0.39, 0.29) is 6.04 Å². The zero-order valence-corrected chi connectivity index (χ0v) is 14.8. The first-order valence-electron chi connectivity index (χ1n) is 6.72. The lowest BCUT2D eigenvalue weighted by atomic mass is 10.1. The highest BCUT2D eigenvalue weighted by Gasteiger charge is 2.15. The van der Waals surface area contributed by atoms with Crippen LogP contribution in [0.5, 0.6) is 0 Å². The maximum Gasteiger partial charge on any atom is 0.0647 e. The lowest BCUT2D eigenvalue weighted by molar-refractivity contribution is 0.788. The summed E-state index contributed by atoms with van der Waals surface area (Å²) in [5, 5.41) is 3.57. The smallest absolute Gasteiger partial charge is 0.0647 e. The highest BCUT2D eigenvalue weighted by molar-refractivity contribution is 9.10. The molecule has 0 aliphatic heterocycles. The van der Waals surface area contributed by atoms with Crippen molar-refractivity contribution in [3.05, 3.63) is 49.1 Å². The molecule has 2 nitrogen and oxygen atoms in total. The quantitative estimate of drug-likeness (QED) is 0.824. The molecule has 0 aliphatic carbocycles. The van der Waals surface area contributed by atoms with Crippen molar-refractivity contribution in [3.8, 4) is 0 Å². The van der Waals surface area contributed by atoms with Crippen molar-refractivity contribution < 1.29 is 0 Å². The first-order chi connectivity index (χ1) is 9.42. The van der Waals surface area contributed by atoms with E-state index < -0.39 is 0 Å². The second-order valence-electron chi connectivity index (χ2n) is 5.23. The van der Waals surface area contributed by atoms with E-state index in [0.717, 1.165) is 5.69 Å². The Hall–Kier alpha value is -0.840. The predicted molar refractivity (Wildman–Crippen MR) is 92.8 cm³/mol. The minimum atomic E-state index is 0.167. The van der Waals surface area contributed by atoms with Gasteiger partial charge >= 0.3 is 0 Å². The minimum absolute atomic E-state index is 0.167. The summed E-state index contributed by atoms with van der Waals surface area (Å²) in [6.07, 6.45) is 0. The summed E-state index contributed by atoms with van der Waals surface area (Å²) in [5.41, 5.74) is 10.9. The van der Waals surface area contributed by atoms with Crippen LogP contribution in [-0.2, 0) is 0 Å². The predicted octanol–water partition coefficient (Wildman–Crippen LogP) is 4.86. The van der Waals surface area contributed by atoms with Gasteiger partial charge in [-0.15, -0.1) is 11.3 Å². The maximum atomic E-state index is 5.97. The molecule has 1 heterocycles. The van der Waals surface area contributed by atoms with Crippen molar-refractivity contribution in [1.82, 2.24) is 0 Å². The Morgan fingerprint density at radius 3 is 2.20 bits per heavy atom. The molecule has 1 atom stereocenters. The highest BCUT2D eigenvalue weighted by atomic mass is 79.9. The van der Waals surface area contributed by atoms with Gasteiger partial charge in [0.15, 0.2) is 0 Å². The van der Waals surface area contributed by atoms with Crippen molar-refractivity contribution in [1.29, 1.82) is 0 Å². The van der Waals surface area contributed by atoms with Crippen LogP contribution >= 0.6 is 27.3 Å². The van der Waals surface area contributed by atoms with Crippen molar-refractivity contribution in [2.75, 3.05) is 11.9 Å². The second kappa shape index (κ2) is 6.29. The molecule has 0 spiro atoms.